The zero-order valence-corrected chi connectivity index (χ0v) is 14.9. The molecule has 0 aromatic heterocycles. The molecule has 0 bridgehead atoms. The van der Waals surface area contributed by atoms with Crippen LogP contribution in [0.15, 0.2) is 18.2 Å². The lowest BCUT2D eigenvalue weighted by molar-refractivity contribution is -0.138. The van der Waals surface area contributed by atoms with Gasteiger partial charge in [0.1, 0.15) is 0 Å². The van der Waals surface area contributed by atoms with Gasteiger partial charge in [-0.3, -0.25) is 4.79 Å². The monoisotopic (exact) mass is 378 g/mol. The SMILES string of the molecule is CCS(=O)(=O)N1CCC(C(=O)Nc2ccc(C)c(C(F)(F)F)c2)CC1. The van der Waals surface area contributed by atoms with Crippen molar-refractivity contribution in [3.8, 4) is 0 Å². The van der Waals surface area contributed by atoms with Crippen LogP contribution in [0.5, 0.6) is 0 Å². The molecule has 0 atom stereocenters. The van der Waals surface area contributed by atoms with Gasteiger partial charge in [0.2, 0.25) is 15.9 Å². The minimum absolute atomic E-state index is 0.00739. The zero-order valence-electron chi connectivity index (χ0n) is 14.1. The summed E-state index contributed by atoms with van der Waals surface area (Å²) in [7, 11) is -3.28. The van der Waals surface area contributed by atoms with Gasteiger partial charge in [-0.05, 0) is 44.4 Å². The summed E-state index contributed by atoms with van der Waals surface area (Å²) in [5.41, 5.74) is -0.607. The van der Waals surface area contributed by atoms with Crippen molar-refractivity contribution in [3.63, 3.8) is 0 Å². The van der Waals surface area contributed by atoms with Gasteiger partial charge in [-0.25, -0.2) is 12.7 Å². The highest BCUT2D eigenvalue weighted by Gasteiger charge is 2.33. The summed E-state index contributed by atoms with van der Waals surface area (Å²) in [6.07, 6.45) is -3.78. The molecule has 1 aliphatic heterocycles. The lowest BCUT2D eigenvalue weighted by atomic mass is 9.97. The van der Waals surface area contributed by atoms with Gasteiger partial charge in [0.05, 0.1) is 11.3 Å². The van der Waals surface area contributed by atoms with Crippen LogP contribution in [0.3, 0.4) is 0 Å². The van der Waals surface area contributed by atoms with E-state index in [-0.39, 0.29) is 36.0 Å². The van der Waals surface area contributed by atoms with Gasteiger partial charge >= 0.3 is 6.18 Å². The van der Waals surface area contributed by atoms with E-state index in [9.17, 15) is 26.4 Å². The van der Waals surface area contributed by atoms with E-state index in [4.69, 9.17) is 0 Å². The molecule has 1 N–H and O–H groups in total. The molecule has 5 nitrogen and oxygen atoms in total. The van der Waals surface area contributed by atoms with Gasteiger partial charge in [0, 0.05) is 24.7 Å². The molecular weight excluding hydrogens is 357 g/mol. The van der Waals surface area contributed by atoms with Crippen LogP contribution in [0.1, 0.15) is 30.9 Å². The third-order valence-corrected chi connectivity index (χ3v) is 6.27. The Bertz CT molecular complexity index is 739. The van der Waals surface area contributed by atoms with E-state index in [2.05, 4.69) is 5.32 Å². The molecule has 0 spiro atoms. The number of nitrogens with zero attached hydrogens (tertiary/aromatic N) is 1. The number of benzene rings is 1. The molecule has 1 heterocycles. The van der Waals surface area contributed by atoms with Gasteiger partial charge in [-0.2, -0.15) is 13.2 Å². The molecule has 25 heavy (non-hydrogen) atoms. The Morgan fingerprint density at radius 3 is 2.40 bits per heavy atom. The van der Waals surface area contributed by atoms with E-state index in [1.54, 1.807) is 6.92 Å². The number of piperidine rings is 1. The molecule has 1 saturated heterocycles. The van der Waals surface area contributed by atoms with E-state index >= 15 is 0 Å². The van der Waals surface area contributed by atoms with Gasteiger partial charge in [-0.1, -0.05) is 6.07 Å². The maximum absolute atomic E-state index is 12.9. The van der Waals surface area contributed by atoms with Crippen molar-refractivity contribution < 1.29 is 26.4 Å². The van der Waals surface area contributed by atoms with Crippen molar-refractivity contribution in [1.82, 2.24) is 4.31 Å². The second kappa shape index (κ2) is 7.33. The van der Waals surface area contributed by atoms with Crippen LogP contribution in [0.25, 0.3) is 0 Å². The Labute approximate surface area is 145 Å². The van der Waals surface area contributed by atoms with Crippen molar-refractivity contribution >= 4 is 21.6 Å². The fourth-order valence-electron chi connectivity index (χ4n) is 2.83. The van der Waals surface area contributed by atoms with Crippen LogP contribution >= 0.6 is 0 Å². The van der Waals surface area contributed by atoms with Crippen molar-refractivity contribution in [2.45, 2.75) is 32.9 Å². The minimum Gasteiger partial charge on any atom is -0.326 e. The van der Waals surface area contributed by atoms with Gasteiger partial charge in [0.15, 0.2) is 0 Å². The molecule has 0 saturated carbocycles. The highest BCUT2D eigenvalue weighted by Crippen LogP contribution is 2.33. The van der Waals surface area contributed by atoms with E-state index in [0.29, 0.717) is 12.8 Å². The number of hydrogen-bond donors (Lipinski definition) is 1. The molecule has 1 aromatic carbocycles. The highest BCUT2D eigenvalue weighted by molar-refractivity contribution is 7.89. The number of nitrogens with one attached hydrogen (secondary N) is 1. The second-order valence-corrected chi connectivity index (χ2v) is 8.35. The number of sulfonamides is 1. The Morgan fingerprint density at radius 2 is 1.88 bits per heavy atom. The Balaban J connectivity index is 2.02. The topological polar surface area (TPSA) is 66.5 Å². The first kappa shape index (κ1) is 19.7. The predicted octanol–water partition coefficient (Wildman–Crippen LogP) is 3.01. The molecule has 140 valence electrons. The van der Waals surface area contributed by atoms with Crippen molar-refractivity contribution in [2.75, 3.05) is 24.2 Å². The standard InChI is InChI=1S/C16H21F3N2O3S/c1-3-25(23,24)21-8-6-12(7-9-21)15(22)20-13-5-4-11(2)14(10-13)16(17,18)19/h4-5,10,12H,3,6-9H2,1-2H3,(H,20,22). The molecule has 1 amide bonds. The van der Waals surface area contributed by atoms with Crippen molar-refractivity contribution in [3.05, 3.63) is 29.3 Å². The number of carbonyl (C=O) groups is 1. The predicted molar refractivity (Wildman–Crippen MR) is 88.6 cm³/mol. The third kappa shape index (κ3) is 4.72. The highest BCUT2D eigenvalue weighted by atomic mass is 32.2. The van der Waals surface area contributed by atoms with Crippen LogP contribution in [0.4, 0.5) is 18.9 Å². The van der Waals surface area contributed by atoms with Crippen LogP contribution in [-0.2, 0) is 21.0 Å². The van der Waals surface area contributed by atoms with Crippen LogP contribution in [0.2, 0.25) is 0 Å². The summed E-state index contributed by atoms with van der Waals surface area (Å²) in [5.74, 6) is -0.794. The molecule has 1 aromatic rings. The van der Waals surface area contributed by atoms with Crippen molar-refractivity contribution in [2.24, 2.45) is 5.92 Å². The maximum Gasteiger partial charge on any atom is 0.416 e. The molecule has 1 fully saturated rings. The van der Waals surface area contributed by atoms with E-state index in [0.717, 1.165) is 6.07 Å². The number of amides is 1. The maximum atomic E-state index is 12.9. The zero-order chi connectivity index (χ0) is 18.8. The number of rotatable bonds is 4. The quantitative estimate of drug-likeness (QED) is 0.876. The van der Waals surface area contributed by atoms with Crippen LogP contribution in [-0.4, -0.2) is 37.5 Å². The fourth-order valence-corrected chi connectivity index (χ4v) is 3.96. The first-order valence-corrected chi connectivity index (χ1v) is 9.62. The van der Waals surface area contributed by atoms with Gasteiger partial charge < -0.3 is 5.32 Å². The number of halogens is 3. The molecule has 0 radical (unpaired) electrons. The Kier molecular flexibility index (Phi) is 5.78. The molecule has 0 unspecified atom stereocenters. The fraction of sp³-hybridized carbons (Fsp3) is 0.562. The second-order valence-electron chi connectivity index (χ2n) is 6.09. The van der Waals surface area contributed by atoms with Gasteiger partial charge in [0.25, 0.3) is 0 Å². The number of carbonyl (C=O) groups excluding carboxylic acids is 1. The normalized spacial score (nSPS) is 17.5. The third-order valence-electron chi connectivity index (χ3n) is 4.39. The molecule has 9 heteroatoms. The van der Waals surface area contributed by atoms with Crippen LogP contribution < -0.4 is 5.32 Å². The first-order valence-electron chi connectivity index (χ1n) is 8.01. The number of aryl methyl sites for hydroxylation is 1. The minimum atomic E-state index is -4.48. The summed E-state index contributed by atoms with van der Waals surface area (Å²) >= 11 is 0. The summed E-state index contributed by atoms with van der Waals surface area (Å²) < 4.78 is 63.8. The smallest absolute Gasteiger partial charge is 0.326 e. The largest absolute Gasteiger partial charge is 0.416 e. The van der Waals surface area contributed by atoms with Crippen molar-refractivity contribution in [1.29, 1.82) is 0 Å². The number of hydrogen-bond acceptors (Lipinski definition) is 3. The lowest BCUT2D eigenvalue weighted by Crippen LogP contribution is -2.42. The van der Waals surface area contributed by atoms with Gasteiger partial charge in [-0.15, -0.1) is 0 Å². The molecule has 0 aliphatic carbocycles. The molecule has 1 aliphatic rings. The Hall–Kier alpha value is -1.61. The molecule has 2 rings (SSSR count). The van der Waals surface area contributed by atoms with E-state index in [1.807, 2.05) is 0 Å². The number of anilines is 1. The Morgan fingerprint density at radius 1 is 1.28 bits per heavy atom. The average molecular weight is 378 g/mol. The lowest BCUT2D eigenvalue weighted by Gasteiger charge is -2.30. The average Bonchev–Trinajstić information content (AvgIpc) is 2.55. The van der Waals surface area contributed by atoms with E-state index < -0.39 is 27.7 Å². The first-order chi connectivity index (χ1) is 11.5. The van der Waals surface area contributed by atoms with E-state index in [1.165, 1.54) is 23.4 Å². The summed E-state index contributed by atoms with van der Waals surface area (Å²) in [6.45, 7) is 3.41. The molecular formula is C16H21F3N2O3S. The summed E-state index contributed by atoms with van der Waals surface area (Å²) in [6, 6.07) is 3.66. The van der Waals surface area contributed by atoms with Crippen LogP contribution in [0, 0.1) is 12.8 Å². The number of alkyl halides is 3. The summed E-state index contributed by atoms with van der Waals surface area (Å²) in [5, 5.41) is 2.51. The summed E-state index contributed by atoms with van der Waals surface area (Å²) in [4.78, 5) is 12.3.